The molecule has 0 saturated carbocycles. The summed E-state index contributed by atoms with van der Waals surface area (Å²) in [6.07, 6.45) is 4.64. The zero-order valence-corrected chi connectivity index (χ0v) is 11.2. The first kappa shape index (κ1) is 13.8. The van der Waals surface area contributed by atoms with Crippen LogP contribution in [0.4, 0.5) is 0 Å². The largest absolute Gasteiger partial charge is 0.463 e. The van der Waals surface area contributed by atoms with Crippen LogP contribution in [0.2, 0.25) is 0 Å². The summed E-state index contributed by atoms with van der Waals surface area (Å²) in [5.74, 6) is 0. The predicted molar refractivity (Wildman–Crippen MR) is 72.3 cm³/mol. The third-order valence-corrected chi connectivity index (χ3v) is 2.52. The van der Waals surface area contributed by atoms with E-state index < -0.39 is 0 Å². The van der Waals surface area contributed by atoms with Crippen molar-refractivity contribution in [3.63, 3.8) is 0 Å². The lowest BCUT2D eigenvalue weighted by Gasteiger charge is -2.06. The molecule has 5 heteroatoms. The number of hydrogen-bond donors (Lipinski definition) is 1. The summed E-state index contributed by atoms with van der Waals surface area (Å²) in [6, 6.07) is 2.12. The number of ether oxygens (including phenoxy) is 1. The van der Waals surface area contributed by atoms with Gasteiger partial charge in [-0.05, 0) is 19.4 Å². The lowest BCUT2D eigenvalue weighted by Crippen LogP contribution is -2.14. The Morgan fingerprint density at radius 3 is 2.76 bits per heavy atom. The highest BCUT2D eigenvalue weighted by Crippen LogP contribution is 2.08. The fourth-order valence-electron chi connectivity index (χ4n) is 1.42. The smallest absolute Gasteiger partial charge is 0.317 e. The summed E-state index contributed by atoms with van der Waals surface area (Å²) in [4.78, 5) is 8.61. The van der Waals surface area contributed by atoms with Crippen LogP contribution >= 0.6 is 12.2 Å². The third-order valence-electron chi connectivity index (χ3n) is 2.32. The van der Waals surface area contributed by atoms with Gasteiger partial charge in [0.15, 0.2) is 0 Å². The van der Waals surface area contributed by atoms with Crippen LogP contribution in [-0.4, -0.2) is 21.6 Å². The molecule has 1 heterocycles. The van der Waals surface area contributed by atoms with E-state index in [0.29, 0.717) is 18.3 Å². The standard InChI is InChI=1S/C12H19N3OS/c1-3-4-5-6-7-16-12-14-9(2)8-10(15-12)11(13)17/h8H,3-7H2,1-2H3,(H2,13,17). The molecule has 2 N–H and O–H groups in total. The first-order valence-corrected chi connectivity index (χ1v) is 6.32. The van der Waals surface area contributed by atoms with Crippen LogP contribution in [-0.2, 0) is 0 Å². The molecule has 94 valence electrons. The third kappa shape index (κ3) is 5.08. The van der Waals surface area contributed by atoms with Crippen LogP contribution in [0, 0.1) is 6.92 Å². The predicted octanol–water partition coefficient (Wildman–Crippen LogP) is 2.38. The average Bonchev–Trinajstić information content (AvgIpc) is 2.28. The highest BCUT2D eigenvalue weighted by molar-refractivity contribution is 7.80. The molecule has 0 aliphatic rings. The lowest BCUT2D eigenvalue weighted by atomic mass is 10.2. The maximum Gasteiger partial charge on any atom is 0.317 e. The van der Waals surface area contributed by atoms with Crippen LogP contribution < -0.4 is 10.5 Å². The summed E-state index contributed by atoms with van der Waals surface area (Å²) in [5, 5.41) is 0. The molecule has 0 aliphatic carbocycles. The molecule has 0 fully saturated rings. The minimum absolute atomic E-state index is 0.270. The molecule has 1 aromatic rings. The zero-order valence-electron chi connectivity index (χ0n) is 10.4. The Morgan fingerprint density at radius 1 is 1.35 bits per heavy atom. The zero-order chi connectivity index (χ0) is 12.7. The van der Waals surface area contributed by atoms with E-state index >= 15 is 0 Å². The van der Waals surface area contributed by atoms with E-state index in [1.54, 1.807) is 6.07 Å². The summed E-state index contributed by atoms with van der Waals surface area (Å²) in [7, 11) is 0. The molecule has 0 radical (unpaired) electrons. The molecule has 0 bridgehead atoms. The Balaban J connectivity index is 2.50. The van der Waals surface area contributed by atoms with Gasteiger partial charge in [-0.3, -0.25) is 0 Å². The molecule has 4 nitrogen and oxygen atoms in total. The van der Waals surface area contributed by atoms with Gasteiger partial charge < -0.3 is 10.5 Å². The Hall–Kier alpha value is -1.23. The molecule has 0 spiro atoms. The van der Waals surface area contributed by atoms with Crippen molar-refractivity contribution in [2.45, 2.75) is 39.5 Å². The second kappa shape index (κ2) is 7.17. The van der Waals surface area contributed by atoms with Crippen LogP contribution in [0.25, 0.3) is 0 Å². The van der Waals surface area contributed by atoms with Gasteiger partial charge >= 0.3 is 6.01 Å². The van der Waals surface area contributed by atoms with Crippen molar-refractivity contribution in [2.24, 2.45) is 5.73 Å². The van der Waals surface area contributed by atoms with Crippen molar-refractivity contribution in [1.29, 1.82) is 0 Å². The number of thiocarbonyl (C=S) groups is 1. The van der Waals surface area contributed by atoms with E-state index in [-0.39, 0.29) is 4.99 Å². The SMILES string of the molecule is CCCCCCOc1nc(C)cc(C(N)=S)n1. The maximum atomic E-state index is 5.53. The minimum Gasteiger partial charge on any atom is -0.463 e. The highest BCUT2D eigenvalue weighted by Gasteiger charge is 2.05. The van der Waals surface area contributed by atoms with Gasteiger partial charge in [0.25, 0.3) is 0 Å². The number of unbranched alkanes of at least 4 members (excludes halogenated alkanes) is 3. The van der Waals surface area contributed by atoms with Crippen molar-refractivity contribution < 1.29 is 4.74 Å². The van der Waals surface area contributed by atoms with Crippen LogP contribution in [0.5, 0.6) is 6.01 Å². The fourth-order valence-corrected chi connectivity index (χ4v) is 1.53. The molecule has 0 unspecified atom stereocenters. The molecule has 0 saturated heterocycles. The van der Waals surface area contributed by atoms with E-state index in [0.717, 1.165) is 12.1 Å². The Morgan fingerprint density at radius 2 is 2.12 bits per heavy atom. The van der Waals surface area contributed by atoms with Crippen molar-refractivity contribution in [3.05, 3.63) is 17.5 Å². The molecule has 1 aromatic heterocycles. The van der Waals surface area contributed by atoms with E-state index in [4.69, 9.17) is 22.7 Å². The summed E-state index contributed by atoms with van der Waals surface area (Å²) >= 11 is 4.88. The van der Waals surface area contributed by atoms with Crippen molar-refractivity contribution in [2.75, 3.05) is 6.61 Å². The molecule has 1 rings (SSSR count). The number of hydrogen-bond acceptors (Lipinski definition) is 4. The summed E-state index contributed by atoms with van der Waals surface area (Å²) < 4.78 is 5.49. The van der Waals surface area contributed by atoms with Crippen molar-refractivity contribution >= 4 is 17.2 Å². The molecule has 0 aromatic carbocycles. The van der Waals surface area contributed by atoms with E-state index in [2.05, 4.69) is 16.9 Å². The first-order chi connectivity index (χ1) is 8.13. The number of aryl methyl sites for hydroxylation is 1. The van der Waals surface area contributed by atoms with Gasteiger partial charge in [-0.1, -0.05) is 38.4 Å². The monoisotopic (exact) mass is 253 g/mol. The quantitative estimate of drug-likeness (QED) is 0.597. The Labute approximate surface area is 108 Å². The van der Waals surface area contributed by atoms with Gasteiger partial charge in [0.2, 0.25) is 0 Å². The highest BCUT2D eigenvalue weighted by atomic mass is 32.1. The molecular weight excluding hydrogens is 234 g/mol. The van der Waals surface area contributed by atoms with E-state index in [1.807, 2.05) is 6.92 Å². The molecule has 17 heavy (non-hydrogen) atoms. The van der Waals surface area contributed by atoms with Gasteiger partial charge in [-0.2, -0.15) is 4.98 Å². The average molecular weight is 253 g/mol. The number of nitrogens with two attached hydrogens (primary N) is 1. The molecular formula is C12H19N3OS. The van der Waals surface area contributed by atoms with Gasteiger partial charge in [0.05, 0.1) is 6.61 Å². The van der Waals surface area contributed by atoms with E-state index in [1.165, 1.54) is 19.3 Å². The Bertz CT molecular complexity index is 382. The number of nitrogens with zero attached hydrogens (tertiary/aromatic N) is 2. The number of rotatable bonds is 7. The number of aromatic nitrogens is 2. The van der Waals surface area contributed by atoms with Gasteiger partial charge in [-0.15, -0.1) is 0 Å². The Kier molecular flexibility index (Phi) is 5.83. The van der Waals surface area contributed by atoms with Gasteiger partial charge in [0.1, 0.15) is 10.7 Å². The molecule has 0 amide bonds. The normalized spacial score (nSPS) is 10.2. The fraction of sp³-hybridized carbons (Fsp3) is 0.583. The summed E-state index contributed by atoms with van der Waals surface area (Å²) in [6.45, 7) is 4.69. The molecule has 0 atom stereocenters. The van der Waals surface area contributed by atoms with Crippen LogP contribution in [0.1, 0.15) is 44.0 Å². The van der Waals surface area contributed by atoms with Gasteiger partial charge in [-0.25, -0.2) is 4.98 Å². The van der Waals surface area contributed by atoms with Crippen LogP contribution in [0.15, 0.2) is 6.07 Å². The minimum atomic E-state index is 0.270. The molecule has 0 aliphatic heterocycles. The van der Waals surface area contributed by atoms with Crippen molar-refractivity contribution in [3.8, 4) is 6.01 Å². The van der Waals surface area contributed by atoms with Crippen LogP contribution in [0.3, 0.4) is 0 Å². The van der Waals surface area contributed by atoms with E-state index in [9.17, 15) is 0 Å². The second-order valence-corrected chi connectivity index (χ2v) is 4.39. The topological polar surface area (TPSA) is 61.0 Å². The summed E-state index contributed by atoms with van der Waals surface area (Å²) in [5.41, 5.74) is 6.91. The van der Waals surface area contributed by atoms with Gasteiger partial charge in [0, 0.05) is 5.69 Å². The second-order valence-electron chi connectivity index (χ2n) is 3.95. The maximum absolute atomic E-state index is 5.53. The lowest BCUT2D eigenvalue weighted by molar-refractivity contribution is 0.281. The van der Waals surface area contributed by atoms with Crippen molar-refractivity contribution in [1.82, 2.24) is 9.97 Å². The first-order valence-electron chi connectivity index (χ1n) is 5.91.